The van der Waals surface area contributed by atoms with Crippen LogP contribution in [0.5, 0.6) is 0 Å². The molecule has 1 aromatic carbocycles. The first-order valence-corrected chi connectivity index (χ1v) is 7.38. The molecule has 0 aromatic heterocycles. The molecule has 0 saturated heterocycles. The molecule has 1 unspecified atom stereocenters. The van der Waals surface area contributed by atoms with E-state index in [-0.39, 0.29) is 0 Å². The molecule has 0 bridgehead atoms. The van der Waals surface area contributed by atoms with Crippen molar-refractivity contribution in [3.8, 4) is 0 Å². The Morgan fingerprint density at radius 2 is 0.926 bits per heavy atom. The molecule has 2 N–H and O–H groups in total. The summed E-state index contributed by atoms with van der Waals surface area (Å²) in [5, 5.41) is 0. The van der Waals surface area contributed by atoms with E-state index in [1.54, 1.807) is 0 Å². The largest absolute Gasteiger partial charge is 0.457 e. The maximum absolute atomic E-state index is 14.4. The van der Waals surface area contributed by atoms with E-state index in [9.17, 15) is 61.6 Å². The molecular weight excluding hydrogens is 446 g/mol. The molecule has 0 aliphatic heterocycles. The van der Waals surface area contributed by atoms with Gasteiger partial charge in [-0.25, -0.2) is 26.3 Å². The van der Waals surface area contributed by atoms with Crippen LogP contribution in [0.3, 0.4) is 0 Å². The molecule has 0 fully saturated rings. The van der Waals surface area contributed by atoms with Crippen molar-refractivity contribution < 1.29 is 71.4 Å². The van der Waals surface area contributed by atoms with Gasteiger partial charge in [-0.05, 0) is 0 Å². The Morgan fingerprint density at radius 1 is 0.630 bits per heavy atom. The molecule has 0 saturated carbocycles. The normalized spacial score (nSPS) is 16.4. The van der Waals surface area contributed by atoms with Gasteiger partial charge in [0.25, 0.3) is 5.67 Å². The van der Waals surface area contributed by atoms with E-state index in [1.165, 1.54) is 0 Å². The van der Waals surface area contributed by atoms with Crippen LogP contribution in [-0.4, -0.2) is 27.5 Å². The summed E-state index contributed by atoms with van der Waals surface area (Å²) in [4.78, 5) is 16.5. The zero-order valence-electron chi connectivity index (χ0n) is 11.7. The predicted octanol–water partition coefficient (Wildman–Crippen LogP) is 4.52. The molecule has 0 heterocycles. The number of halogens is 13. The molecule has 27 heavy (non-hydrogen) atoms. The van der Waals surface area contributed by atoms with E-state index in [4.69, 9.17) is 9.79 Å². The van der Waals surface area contributed by atoms with Crippen molar-refractivity contribution >= 4 is 7.60 Å². The maximum Gasteiger partial charge on any atom is 0.457 e. The molecule has 1 rings (SSSR count). The van der Waals surface area contributed by atoms with Gasteiger partial charge in [-0.1, -0.05) is 0 Å². The van der Waals surface area contributed by atoms with E-state index in [0.29, 0.717) is 0 Å². The van der Waals surface area contributed by atoms with Crippen LogP contribution in [-0.2, 0) is 10.2 Å². The number of rotatable bonds is 4. The zero-order valence-corrected chi connectivity index (χ0v) is 12.6. The molecular formula is C10H2F13O3P. The predicted molar refractivity (Wildman–Crippen MR) is 57.0 cm³/mol. The first kappa shape index (κ1) is 23.5. The summed E-state index contributed by atoms with van der Waals surface area (Å²) >= 11 is 0. The number of alkyl halides is 8. The quantitative estimate of drug-likeness (QED) is 0.309. The van der Waals surface area contributed by atoms with Crippen molar-refractivity contribution in [2.45, 2.75) is 23.4 Å². The fraction of sp³-hybridized carbons (Fsp3) is 0.400. The van der Waals surface area contributed by atoms with Crippen LogP contribution in [0.15, 0.2) is 0 Å². The van der Waals surface area contributed by atoms with Gasteiger partial charge in [0, 0.05) is 0 Å². The van der Waals surface area contributed by atoms with E-state index >= 15 is 0 Å². The van der Waals surface area contributed by atoms with Crippen LogP contribution in [0.25, 0.3) is 0 Å². The summed E-state index contributed by atoms with van der Waals surface area (Å²) < 4.78 is 182. The van der Waals surface area contributed by atoms with Gasteiger partial charge in [0.1, 0.15) is 0 Å². The summed E-state index contributed by atoms with van der Waals surface area (Å²) in [6.45, 7) is 0. The van der Waals surface area contributed by atoms with Crippen LogP contribution in [0.4, 0.5) is 57.1 Å². The fourth-order valence-corrected chi connectivity index (χ4v) is 2.45. The van der Waals surface area contributed by atoms with Crippen LogP contribution in [0.2, 0.25) is 0 Å². The second-order valence-electron chi connectivity index (χ2n) is 4.76. The average molecular weight is 448 g/mol. The highest BCUT2D eigenvalue weighted by Gasteiger charge is 2.86. The molecule has 3 nitrogen and oxygen atoms in total. The average Bonchev–Trinajstić information content (AvgIpc) is 2.48. The monoisotopic (exact) mass is 448 g/mol. The van der Waals surface area contributed by atoms with Crippen molar-refractivity contribution in [2.75, 3.05) is 0 Å². The maximum atomic E-state index is 14.4. The molecule has 0 aliphatic rings. The highest BCUT2D eigenvalue weighted by Crippen LogP contribution is 2.69. The lowest BCUT2D eigenvalue weighted by Crippen LogP contribution is -2.61. The van der Waals surface area contributed by atoms with Crippen LogP contribution >= 0.6 is 7.60 Å². The van der Waals surface area contributed by atoms with E-state index in [0.717, 1.165) is 0 Å². The van der Waals surface area contributed by atoms with Gasteiger partial charge in [0.05, 0.1) is 5.56 Å². The molecule has 0 spiro atoms. The summed E-state index contributed by atoms with van der Waals surface area (Å²) in [7, 11) is -7.76. The Bertz CT molecular complexity index is 785. The molecule has 17 heteroatoms. The van der Waals surface area contributed by atoms with Gasteiger partial charge in [-0.15, -0.1) is 0 Å². The third-order valence-corrected chi connectivity index (χ3v) is 4.16. The van der Waals surface area contributed by atoms with Gasteiger partial charge >= 0.3 is 25.4 Å². The molecule has 0 amide bonds. The first-order valence-electron chi connectivity index (χ1n) is 5.76. The Balaban J connectivity index is 4.29. The minimum absolute atomic E-state index is 3.26. The van der Waals surface area contributed by atoms with Gasteiger partial charge in [0.15, 0.2) is 23.3 Å². The van der Waals surface area contributed by atoms with Crippen molar-refractivity contribution in [1.29, 1.82) is 0 Å². The number of benzene rings is 1. The molecule has 0 aliphatic carbocycles. The van der Waals surface area contributed by atoms with Gasteiger partial charge in [0.2, 0.25) is 5.82 Å². The Labute approximate surface area is 138 Å². The summed E-state index contributed by atoms with van der Waals surface area (Å²) in [6, 6.07) is 0. The Kier molecular flexibility index (Phi) is 5.43. The van der Waals surface area contributed by atoms with Gasteiger partial charge < -0.3 is 9.79 Å². The lowest BCUT2D eigenvalue weighted by Gasteiger charge is -2.39. The fourth-order valence-electron chi connectivity index (χ4n) is 1.80. The summed E-state index contributed by atoms with van der Waals surface area (Å²) in [5.41, 5.74) is -18.9. The SMILES string of the molecule is O=P(O)(O)C(F)(F)C(F)(c1c(F)c(F)c(F)c(F)c1F)C(F)(F)C(F)(F)F. The highest BCUT2D eigenvalue weighted by atomic mass is 31.2. The third kappa shape index (κ3) is 2.97. The van der Waals surface area contributed by atoms with Crippen molar-refractivity contribution in [3.63, 3.8) is 0 Å². The molecule has 1 aromatic rings. The standard InChI is InChI=1S/C10H2F13O3P/c11-2-1(3(12)5(14)6(15)4(2)13)7(16,8(17,18)9(19,20)21)10(22,23)27(24,25)26/h(H2,24,25,26). The second kappa shape index (κ2) is 6.24. The lowest BCUT2D eigenvalue weighted by atomic mass is 9.87. The Hall–Kier alpha value is -1.54. The van der Waals surface area contributed by atoms with Gasteiger partial charge in [-0.3, -0.25) is 4.57 Å². The van der Waals surface area contributed by atoms with Crippen LogP contribution in [0.1, 0.15) is 5.56 Å². The molecule has 0 radical (unpaired) electrons. The van der Waals surface area contributed by atoms with Crippen molar-refractivity contribution in [1.82, 2.24) is 0 Å². The smallest absolute Gasteiger partial charge is 0.320 e. The van der Waals surface area contributed by atoms with Gasteiger partial charge in [-0.2, -0.15) is 30.7 Å². The van der Waals surface area contributed by atoms with Crippen LogP contribution < -0.4 is 0 Å². The second-order valence-corrected chi connectivity index (χ2v) is 6.41. The minimum atomic E-state index is -7.76. The van der Waals surface area contributed by atoms with Crippen molar-refractivity contribution in [2.24, 2.45) is 0 Å². The molecule has 1 atom stereocenters. The van der Waals surface area contributed by atoms with Crippen molar-refractivity contribution in [3.05, 3.63) is 34.6 Å². The number of hydrogen-bond acceptors (Lipinski definition) is 1. The van der Waals surface area contributed by atoms with E-state index in [2.05, 4.69) is 0 Å². The first-order chi connectivity index (χ1) is 11.7. The zero-order chi connectivity index (χ0) is 22.0. The highest BCUT2D eigenvalue weighted by molar-refractivity contribution is 7.53. The van der Waals surface area contributed by atoms with E-state index < -0.39 is 65.7 Å². The Morgan fingerprint density at radius 3 is 1.19 bits per heavy atom. The number of hydrogen-bond donors (Lipinski definition) is 2. The lowest BCUT2D eigenvalue weighted by molar-refractivity contribution is -0.357. The summed E-state index contributed by atoms with van der Waals surface area (Å²) in [6.07, 6.45) is -7.53. The van der Waals surface area contributed by atoms with Crippen LogP contribution in [0, 0.1) is 29.1 Å². The minimum Gasteiger partial charge on any atom is -0.320 e. The topological polar surface area (TPSA) is 57.5 Å². The third-order valence-electron chi connectivity index (χ3n) is 3.12. The summed E-state index contributed by atoms with van der Waals surface area (Å²) in [5.74, 6) is -25.7. The van der Waals surface area contributed by atoms with E-state index in [1.807, 2.05) is 0 Å². The molecule has 156 valence electrons.